The second kappa shape index (κ2) is 10.5. The molecule has 5 rings (SSSR count). The van der Waals surface area contributed by atoms with Crippen LogP contribution in [0.3, 0.4) is 0 Å². The normalized spacial score (nSPS) is 14.9. The Balaban J connectivity index is 1.30. The van der Waals surface area contributed by atoms with E-state index in [1.165, 1.54) is 0 Å². The minimum atomic E-state index is -0.508. The number of piperazine rings is 1. The molecule has 1 atom stereocenters. The number of carbonyl (C=O) groups is 2. The summed E-state index contributed by atoms with van der Waals surface area (Å²) in [6, 6.07) is 17.9. The minimum absolute atomic E-state index is 0.0789. The molecule has 0 bridgehead atoms. The molecular weight excluding hydrogens is 490 g/mol. The van der Waals surface area contributed by atoms with Crippen LogP contribution < -0.4 is 10.2 Å². The molecular formula is C31H37N5O3. The zero-order chi connectivity index (χ0) is 27.7. The van der Waals surface area contributed by atoms with E-state index in [2.05, 4.69) is 33.0 Å². The zero-order valence-corrected chi connectivity index (χ0v) is 23.3. The van der Waals surface area contributed by atoms with Crippen LogP contribution in [0.25, 0.3) is 16.6 Å². The number of ether oxygens (including phenoxy) is 1. The van der Waals surface area contributed by atoms with Gasteiger partial charge in [0.1, 0.15) is 11.6 Å². The van der Waals surface area contributed by atoms with Crippen LogP contribution in [0.4, 0.5) is 16.2 Å². The van der Waals surface area contributed by atoms with Crippen LogP contribution in [0, 0.1) is 6.92 Å². The molecule has 1 aliphatic rings. The Hall–Kier alpha value is -4.20. The van der Waals surface area contributed by atoms with E-state index in [9.17, 15) is 9.59 Å². The number of nitrogens with one attached hydrogen (secondary N) is 1. The monoisotopic (exact) mass is 527 g/mol. The van der Waals surface area contributed by atoms with E-state index in [0.29, 0.717) is 26.2 Å². The number of nitrogens with zero attached hydrogens (tertiary/aromatic N) is 4. The summed E-state index contributed by atoms with van der Waals surface area (Å²) < 4.78 is 9.63. The van der Waals surface area contributed by atoms with Gasteiger partial charge >= 0.3 is 6.09 Å². The first kappa shape index (κ1) is 26.4. The van der Waals surface area contributed by atoms with Crippen molar-refractivity contribution in [1.29, 1.82) is 0 Å². The number of hydrogen-bond acceptors (Lipinski definition) is 4. The molecule has 2 amide bonds. The molecule has 8 heteroatoms. The quantitative estimate of drug-likeness (QED) is 0.346. The summed E-state index contributed by atoms with van der Waals surface area (Å²) in [5.41, 5.74) is 4.36. The Labute approximate surface area is 229 Å². The number of para-hydroxylation sites is 1. The predicted molar refractivity (Wildman–Crippen MR) is 156 cm³/mol. The van der Waals surface area contributed by atoms with E-state index in [1.807, 2.05) is 94.2 Å². The summed E-state index contributed by atoms with van der Waals surface area (Å²) in [6.07, 6.45) is 5.80. The summed E-state index contributed by atoms with van der Waals surface area (Å²) >= 11 is 0. The number of aromatic nitrogens is 2. The number of amides is 2. The maximum atomic E-state index is 13.5. The SMILES string of the molecule is Cc1ccc(N2CCN(C(=O)OC(C)(C)C)CC2)cc1NC(=O)C(C)n1cc(-n2cccc2)c2ccccc21. The molecule has 2 aromatic carbocycles. The molecule has 3 heterocycles. The molecule has 8 nitrogen and oxygen atoms in total. The highest BCUT2D eigenvalue weighted by Gasteiger charge is 2.26. The van der Waals surface area contributed by atoms with Crippen LogP contribution >= 0.6 is 0 Å². The van der Waals surface area contributed by atoms with Crippen LogP contribution in [0.15, 0.2) is 73.2 Å². The molecule has 0 spiro atoms. The van der Waals surface area contributed by atoms with E-state index in [0.717, 1.165) is 33.5 Å². The number of anilines is 2. The van der Waals surface area contributed by atoms with Crippen molar-refractivity contribution in [1.82, 2.24) is 14.0 Å². The van der Waals surface area contributed by atoms with Gasteiger partial charge in [-0.2, -0.15) is 0 Å². The van der Waals surface area contributed by atoms with Gasteiger partial charge in [-0.3, -0.25) is 4.79 Å². The van der Waals surface area contributed by atoms with E-state index in [4.69, 9.17) is 4.74 Å². The van der Waals surface area contributed by atoms with Crippen molar-refractivity contribution in [2.24, 2.45) is 0 Å². The van der Waals surface area contributed by atoms with Crippen LogP contribution in [0.2, 0.25) is 0 Å². The van der Waals surface area contributed by atoms with Gasteiger partial charge in [0.2, 0.25) is 5.91 Å². The number of rotatable bonds is 5. The highest BCUT2D eigenvalue weighted by atomic mass is 16.6. The zero-order valence-electron chi connectivity index (χ0n) is 23.3. The van der Waals surface area contributed by atoms with Gasteiger partial charge in [-0.1, -0.05) is 24.3 Å². The molecule has 39 heavy (non-hydrogen) atoms. The van der Waals surface area contributed by atoms with Gasteiger partial charge in [0.25, 0.3) is 0 Å². The second-order valence-electron chi connectivity index (χ2n) is 11.1. The third-order valence-electron chi connectivity index (χ3n) is 7.17. The van der Waals surface area contributed by atoms with Gasteiger partial charge in [-0.05, 0) is 70.5 Å². The highest BCUT2D eigenvalue weighted by molar-refractivity contribution is 5.97. The van der Waals surface area contributed by atoms with E-state index >= 15 is 0 Å². The molecule has 0 aliphatic carbocycles. The van der Waals surface area contributed by atoms with Crippen LogP contribution in [0.5, 0.6) is 0 Å². The number of fused-ring (bicyclic) bond motifs is 1. The smallest absolute Gasteiger partial charge is 0.410 e. The summed E-state index contributed by atoms with van der Waals surface area (Å²) in [7, 11) is 0. The van der Waals surface area contributed by atoms with Gasteiger partial charge in [0.05, 0.1) is 11.2 Å². The Bertz CT molecular complexity index is 1470. The summed E-state index contributed by atoms with van der Waals surface area (Å²) in [4.78, 5) is 29.9. The van der Waals surface area contributed by atoms with Gasteiger partial charge in [-0.15, -0.1) is 0 Å². The summed E-state index contributed by atoms with van der Waals surface area (Å²) in [6.45, 7) is 12.1. The third kappa shape index (κ3) is 5.65. The van der Waals surface area contributed by atoms with Crippen LogP contribution in [0.1, 0.15) is 39.3 Å². The van der Waals surface area contributed by atoms with Crippen molar-refractivity contribution in [2.45, 2.75) is 46.3 Å². The first-order valence-corrected chi connectivity index (χ1v) is 13.5. The lowest BCUT2D eigenvalue weighted by Gasteiger charge is -2.37. The third-order valence-corrected chi connectivity index (χ3v) is 7.17. The van der Waals surface area contributed by atoms with E-state index < -0.39 is 11.6 Å². The molecule has 4 aromatic rings. The van der Waals surface area contributed by atoms with Crippen molar-refractivity contribution in [3.05, 3.63) is 78.8 Å². The Morgan fingerprint density at radius 3 is 2.33 bits per heavy atom. The van der Waals surface area contributed by atoms with E-state index in [1.54, 1.807) is 4.90 Å². The fraction of sp³-hybridized carbons (Fsp3) is 0.355. The van der Waals surface area contributed by atoms with Crippen molar-refractivity contribution < 1.29 is 14.3 Å². The summed E-state index contributed by atoms with van der Waals surface area (Å²) in [5, 5.41) is 4.27. The average Bonchev–Trinajstić information content (AvgIpc) is 3.57. The molecule has 1 N–H and O–H groups in total. The first-order chi connectivity index (χ1) is 18.6. The molecule has 204 valence electrons. The number of carbonyl (C=O) groups excluding carboxylic acids is 2. The summed E-state index contributed by atoms with van der Waals surface area (Å²) in [5.74, 6) is -0.0789. The van der Waals surface area contributed by atoms with Crippen molar-refractivity contribution >= 4 is 34.3 Å². The lowest BCUT2D eigenvalue weighted by Crippen LogP contribution is -2.50. The topological polar surface area (TPSA) is 71.7 Å². The standard InChI is InChI=1S/C31H37N5O3/c1-22-12-13-24(33-16-18-35(19-17-33)30(38)39-31(3,4)5)20-26(22)32-29(37)23(2)36-21-28(34-14-8-9-15-34)25-10-6-7-11-27(25)36/h6-15,20-21,23H,16-19H2,1-5H3,(H,32,37). The second-order valence-corrected chi connectivity index (χ2v) is 11.1. The Kier molecular flexibility index (Phi) is 7.12. The number of benzene rings is 2. The average molecular weight is 528 g/mol. The molecule has 0 saturated carbocycles. The Morgan fingerprint density at radius 1 is 0.949 bits per heavy atom. The van der Waals surface area contributed by atoms with Crippen molar-refractivity contribution in [3.8, 4) is 5.69 Å². The van der Waals surface area contributed by atoms with Crippen molar-refractivity contribution in [3.63, 3.8) is 0 Å². The van der Waals surface area contributed by atoms with Gasteiger partial charge in [-0.25, -0.2) is 4.79 Å². The van der Waals surface area contributed by atoms with Crippen molar-refractivity contribution in [2.75, 3.05) is 36.4 Å². The lowest BCUT2D eigenvalue weighted by molar-refractivity contribution is -0.118. The largest absolute Gasteiger partial charge is 0.444 e. The van der Waals surface area contributed by atoms with Gasteiger partial charge < -0.3 is 29.0 Å². The molecule has 1 aliphatic heterocycles. The fourth-order valence-electron chi connectivity index (χ4n) is 4.99. The maximum absolute atomic E-state index is 13.5. The minimum Gasteiger partial charge on any atom is -0.444 e. The molecule has 1 fully saturated rings. The predicted octanol–water partition coefficient (Wildman–Crippen LogP) is 6.00. The Morgan fingerprint density at radius 2 is 1.64 bits per heavy atom. The lowest BCUT2D eigenvalue weighted by atomic mass is 10.1. The molecule has 1 unspecified atom stereocenters. The van der Waals surface area contributed by atoms with Gasteiger partial charge in [0.15, 0.2) is 0 Å². The fourth-order valence-corrected chi connectivity index (χ4v) is 4.99. The maximum Gasteiger partial charge on any atom is 0.410 e. The number of hydrogen-bond donors (Lipinski definition) is 1. The van der Waals surface area contributed by atoms with Gasteiger partial charge in [0, 0.05) is 61.5 Å². The van der Waals surface area contributed by atoms with Crippen LogP contribution in [-0.2, 0) is 9.53 Å². The molecule has 0 radical (unpaired) electrons. The molecule has 2 aromatic heterocycles. The first-order valence-electron chi connectivity index (χ1n) is 13.5. The van der Waals surface area contributed by atoms with Crippen LogP contribution in [-0.4, -0.2) is 57.8 Å². The van der Waals surface area contributed by atoms with E-state index in [-0.39, 0.29) is 12.0 Å². The highest BCUT2D eigenvalue weighted by Crippen LogP contribution is 2.30. The molecule has 1 saturated heterocycles. The number of aryl methyl sites for hydroxylation is 1.